The maximum Gasteiger partial charge on any atom is 0.0622 e. The first kappa shape index (κ1) is 15.7. The van der Waals surface area contributed by atoms with Crippen molar-refractivity contribution in [2.45, 2.75) is 58.9 Å². The second-order valence-corrected chi connectivity index (χ2v) is 6.31. The molecule has 2 nitrogen and oxygen atoms in total. The molecule has 0 saturated heterocycles. The van der Waals surface area contributed by atoms with Gasteiger partial charge in [0.2, 0.25) is 0 Å². The SMILES string of the molecule is CNC(CCC#N)c1c(C)cc(C(C)(C)C)cc1C. The summed E-state index contributed by atoms with van der Waals surface area (Å²) in [6.07, 6.45) is 1.45. The number of rotatable bonds is 4. The highest BCUT2D eigenvalue weighted by Crippen LogP contribution is 2.31. The zero-order valence-corrected chi connectivity index (χ0v) is 13.1. The van der Waals surface area contributed by atoms with E-state index in [-0.39, 0.29) is 11.5 Å². The van der Waals surface area contributed by atoms with E-state index in [1.165, 1.54) is 22.3 Å². The minimum Gasteiger partial charge on any atom is -0.313 e. The van der Waals surface area contributed by atoms with Crippen LogP contribution < -0.4 is 5.32 Å². The first-order chi connectivity index (χ1) is 8.81. The van der Waals surface area contributed by atoms with Crippen molar-refractivity contribution in [3.8, 4) is 6.07 Å². The van der Waals surface area contributed by atoms with Gasteiger partial charge in [-0.2, -0.15) is 5.26 Å². The number of aryl methyl sites for hydroxylation is 2. The molecular formula is C17H26N2. The van der Waals surface area contributed by atoms with Gasteiger partial charge in [0.15, 0.2) is 0 Å². The van der Waals surface area contributed by atoms with Crippen LogP contribution in [0.5, 0.6) is 0 Å². The molecule has 0 aliphatic rings. The Kier molecular flexibility index (Phi) is 5.14. The van der Waals surface area contributed by atoms with Gasteiger partial charge in [0, 0.05) is 12.5 Å². The first-order valence-corrected chi connectivity index (χ1v) is 6.97. The Labute approximate surface area is 117 Å². The average Bonchev–Trinajstić information content (AvgIpc) is 2.31. The summed E-state index contributed by atoms with van der Waals surface area (Å²) in [4.78, 5) is 0. The second kappa shape index (κ2) is 6.21. The van der Waals surface area contributed by atoms with Crippen molar-refractivity contribution in [1.82, 2.24) is 5.32 Å². The van der Waals surface area contributed by atoms with Crippen molar-refractivity contribution in [2.75, 3.05) is 7.05 Å². The van der Waals surface area contributed by atoms with Crippen molar-refractivity contribution in [2.24, 2.45) is 0 Å². The van der Waals surface area contributed by atoms with Gasteiger partial charge >= 0.3 is 0 Å². The summed E-state index contributed by atoms with van der Waals surface area (Å²) in [6.45, 7) is 11.1. The van der Waals surface area contributed by atoms with E-state index >= 15 is 0 Å². The summed E-state index contributed by atoms with van der Waals surface area (Å²) < 4.78 is 0. The minimum atomic E-state index is 0.176. The molecule has 1 unspecified atom stereocenters. The maximum absolute atomic E-state index is 8.77. The lowest BCUT2D eigenvalue weighted by atomic mass is 9.82. The summed E-state index contributed by atoms with van der Waals surface area (Å²) in [5.41, 5.74) is 5.55. The molecule has 0 spiro atoms. The Morgan fingerprint density at radius 3 is 2.11 bits per heavy atom. The van der Waals surface area contributed by atoms with E-state index in [0.29, 0.717) is 6.42 Å². The topological polar surface area (TPSA) is 35.8 Å². The van der Waals surface area contributed by atoms with Gasteiger partial charge in [0.25, 0.3) is 0 Å². The molecule has 2 heteroatoms. The highest BCUT2D eigenvalue weighted by molar-refractivity contribution is 5.42. The summed E-state index contributed by atoms with van der Waals surface area (Å²) in [6, 6.07) is 7.09. The van der Waals surface area contributed by atoms with Crippen LogP contribution in [0.2, 0.25) is 0 Å². The van der Waals surface area contributed by atoms with Gasteiger partial charge in [-0.05, 0) is 55.0 Å². The predicted molar refractivity (Wildman–Crippen MR) is 81.3 cm³/mol. The number of hydrogen-bond acceptors (Lipinski definition) is 2. The standard InChI is InChI=1S/C17H26N2/c1-12-10-14(17(3,4)5)11-13(2)16(12)15(19-6)8-7-9-18/h10-11,15,19H,7-8H2,1-6H3. The summed E-state index contributed by atoms with van der Waals surface area (Å²) >= 11 is 0. The van der Waals surface area contributed by atoms with Crippen LogP contribution in [0.25, 0.3) is 0 Å². The van der Waals surface area contributed by atoms with Crippen molar-refractivity contribution >= 4 is 0 Å². The first-order valence-electron chi connectivity index (χ1n) is 6.97. The van der Waals surface area contributed by atoms with E-state index in [2.05, 4.69) is 58.1 Å². The average molecular weight is 258 g/mol. The maximum atomic E-state index is 8.77. The third-order valence-electron chi connectivity index (χ3n) is 3.70. The molecule has 0 radical (unpaired) electrons. The molecule has 1 aromatic rings. The third kappa shape index (κ3) is 3.81. The Balaban J connectivity index is 3.19. The van der Waals surface area contributed by atoms with Crippen LogP contribution in [0.4, 0.5) is 0 Å². The molecular weight excluding hydrogens is 232 g/mol. The largest absolute Gasteiger partial charge is 0.313 e. The van der Waals surface area contributed by atoms with Gasteiger partial charge < -0.3 is 5.32 Å². The smallest absolute Gasteiger partial charge is 0.0622 e. The van der Waals surface area contributed by atoms with Gasteiger partial charge in [-0.15, -0.1) is 0 Å². The van der Waals surface area contributed by atoms with Crippen LogP contribution >= 0.6 is 0 Å². The minimum absolute atomic E-state index is 0.176. The molecule has 0 bridgehead atoms. The lowest BCUT2D eigenvalue weighted by Crippen LogP contribution is -2.20. The molecule has 1 rings (SSSR count). The number of hydrogen-bond donors (Lipinski definition) is 1. The number of nitrogens with one attached hydrogen (secondary N) is 1. The Bertz CT molecular complexity index is 452. The molecule has 0 amide bonds. The monoisotopic (exact) mass is 258 g/mol. The fraction of sp³-hybridized carbons (Fsp3) is 0.588. The molecule has 1 aromatic carbocycles. The zero-order valence-electron chi connectivity index (χ0n) is 13.1. The van der Waals surface area contributed by atoms with Crippen LogP contribution in [0.3, 0.4) is 0 Å². The molecule has 1 atom stereocenters. The van der Waals surface area contributed by atoms with Crippen LogP contribution in [-0.4, -0.2) is 7.05 Å². The van der Waals surface area contributed by atoms with E-state index in [0.717, 1.165) is 6.42 Å². The van der Waals surface area contributed by atoms with Crippen molar-refractivity contribution in [3.63, 3.8) is 0 Å². The molecule has 0 heterocycles. The van der Waals surface area contributed by atoms with Crippen LogP contribution in [0, 0.1) is 25.2 Å². The van der Waals surface area contributed by atoms with Gasteiger partial charge in [-0.1, -0.05) is 32.9 Å². The van der Waals surface area contributed by atoms with E-state index in [4.69, 9.17) is 5.26 Å². The zero-order chi connectivity index (χ0) is 14.6. The van der Waals surface area contributed by atoms with Gasteiger partial charge in [-0.25, -0.2) is 0 Å². The fourth-order valence-corrected chi connectivity index (χ4v) is 2.60. The lowest BCUT2D eigenvalue weighted by Gasteiger charge is -2.25. The van der Waals surface area contributed by atoms with Crippen LogP contribution in [0.1, 0.15) is 61.9 Å². The summed E-state index contributed by atoms with van der Waals surface area (Å²) in [5, 5.41) is 12.1. The Morgan fingerprint density at radius 2 is 1.74 bits per heavy atom. The van der Waals surface area contributed by atoms with Crippen LogP contribution in [0.15, 0.2) is 12.1 Å². The third-order valence-corrected chi connectivity index (χ3v) is 3.70. The highest BCUT2D eigenvalue weighted by Gasteiger charge is 2.19. The quantitative estimate of drug-likeness (QED) is 0.880. The normalized spacial score (nSPS) is 13.1. The van der Waals surface area contributed by atoms with Gasteiger partial charge in [0.1, 0.15) is 0 Å². The van der Waals surface area contributed by atoms with E-state index in [1.54, 1.807) is 0 Å². The molecule has 0 aromatic heterocycles. The van der Waals surface area contributed by atoms with E-state index in [1.807, 2.05) is 7.05 Å². The molecule has 0 saturated carbocycles. The predicted octanol–water partition coefficient (Wildman–Crippen LogP) is 4.17. The summed E-state index contributed by atoms with van der Waals surface area (Å²) in [7, 11) is 1.97. The molecule has 0 aliphatic heterocycles. The number of benzene rings is 1. The number of nitriles is 1. The van der Waals surface area contributed by atoms with Gasteiger partial charge in [-0.3, -0.25) is 0 Å². The summed E-state index contributed by atoms with van der Waals surface area (Å²) in [5.74, 6) is 0. The van der Waals surface area contributed by atoms with Crippen LogP contribution in [-0.2, 0) is 5.41 Å². The fourth-order valence-electron chi connectivity index (χ4n) is 2.60. The molecule has 104 valence electrons. The lowest BCUT2D eigenvalue weighted by molar-refractivity contribution is 0.548. The molecule has 1 N–H and O–H groups in total. The van der Waals surface area contributed by atoms with E-state index in [9.17, 15) is 0 Å². The van der Waals surface area contributed by atoms with Gasteiger partial charge in [0.05, 0.1) is 6.07 Å². The Morgan fingerprint density at radius 1 is 1.21 bits per heavy atom. The van der Waals surface area contributed by atoms with Crippen molar-refractivity contribution in [1.29, 1.82) is 5.26 Å². The molecule has 0 aliphatic carbocycles. The van der Waals surface area contributed by atoms with E-state index < -0.39 is 0 Å². The second-order valence-electron chi connectivity index (χ2n) is 6.31. The molecule has 19 heavy (non-hydrogen) atoms. The van der Waals surface area contributed by atoms with Crippen molar-refractivity contribution < 1.29 is 0 Å². The highest BCUT2D eigenvalue weighted by atomic mass is 14.9. The number of nitrogens with zero attached hydrogens (tertiary/aromatic N) is 1. The molecule has 0 fully saturated rings. The van der Waals surface area contributed by atoms with Crippen molar-refractivity contribution in [3.05, 3.63) is 34.4 Å². The Hall–Kier alpha value is -1.33.